The third kappa shape index (κ3) is 3.02. The van der Waals surface area contributed by atoms with Crippen LogP contribution in [0.1, 0.15) is 5.56 Å². The van der Waals surface area contributed by atoms with E-state index in [0.29, 0.717) is 10.8 Å². The minimum absolute atomic E-state index is 0.260. The van der Waals surface area contributed by atoms with Gasteiger partial charge in [-0.05, 0) is 36.6 Å². The smallest absolute Gasteiger partial charge is 0.179 e. The molecule has 0 fully saturated rings. The summed E-state index contributed by atoms with van der Waals surface area (Å²) in [6.45, 7) is 3.59. The van der Waals surface area contributed by atoms with Gasteiger partial charge in [-0.25, -0.2) is 4.39 Å². The van der Waals surface area contributed by atoms with Gasteiger partial charge in [-0.3, -0.25) is 0 Å². The second-order valence-electron chi connectivity index (χ2n) is 3.44. The third-order valence-electron chi connectivity index (χ3n) is 2.26. The van der Waals surface area contributed by atoms with Gasteiger partial charge >= 0.3 is 0 Å². The lowest BCUT2D eigenvalue weighted by atomic mass is 10.2. The molecule has 0 aliphatic carbocycles. The Morgan fingerprint density at radius 2 is 2.12 bits per heavy atom. The van der Waals surface area contributed by atoms with Gasteiger partial charge < -0.3 is 9.80 Å². The monoisotopic (exact) mass is 249 g/mol. The van der Waals surface area contributed by atoms with Crippen molar-refractivity contribution in [2.24, 2.45) is 0 Å². The van der Waals surface area contributed by atoms with Crippen LogP contribution in [-0.2, 0) is 0 Å². The van der Waals surface area contributed by atoms with Gasteiger partial charge in [-0.1, -0.05) is 6.58 Å². The number of anilines is 1. The molecule has 1 rings (SSSR count). The molecule has 5 heteroatoms. The van der Waals surface area contributed by atoms with Gasteiger partial charge in [-0.2, -0.15) is 5.26 Å². The van der Waals surface area contributed by atoms with Crippen LogP contribution in [0.25, 0.3) is 0 Å². The zero-order valence-corrected chi connectivity index (χ0v) is 10.5. The fourth-order valence-corrected chi connectivity index (χ4v) is 1.44. The maximum Gasteiger partial charge on any atom is 0.179 e. The van der Waals surface area contributed by atoms with E-state index in [1.54, 1.807) is 36.2 Å². The second kappa shape index (κ2) is 5.41. The van der Waals surface area contributed by atoms with E-state index in [-0.39, 0.29) is 5.56 Å². The molecule has 0 amide bonds. The number of hydrogen-bond acceptors (Lipinski definition) is 2. The first-order valence-electron chi connectivity index (χ1n) is 4.83. The molecule has 0 aliphatic rings. The highest BCUT2D eigenvalue weighted by molar-refractivity contribution is 7.80. The van der Waals surface area contributed by atoms with Crippen LogP contribution in [-0.4, -0.2) is 24.1 Å². The van der Waals surface area contributed by atoms with Gasteiger partial charge in [0.2, 0.25) is 0 Å². The Morgan fingerprint density at radius 3 is 2.65 bits per heavy atom. The van der Waals surface area contributed by atoms with Gasteiger partial charge in [0, 0.05) is 19.8 Å². The van der Waals surface area contributed by atoms with Crippen molar-refractivity contribution in [3.8, 4) is 6.07 Å². The SMILES string of the molecule is C=CN(C)C(=S)N(C)c1cc(F)cc(C#N)c1. The molecule has 0 heterocycles. The number of rotatable bonds is 2. The summed E-state index contributed by atoms with van der Waals surface area (Å²) >= 11 is 5.18. The minimum Gasteiger partial charge on any atom is -0.329 e. The molecule has 0 unspecified atom stereocenters. The van der Waals surface area contributed by atoms with Crippen LogP contribution in [0.5, 0.6) is 0 Å². The maximum absolute atomic E-state index is 13.3. The van der Waals surface area contributed by atoms with Crippen LogP contribution in [0.3, 0.4) is 0 Å². The van der Waals surface area contributed by atoms with Gasteiger partial charge in [-0.15, -0.1) is 0 Å². The Labute approximate surface area is 105 Å². The molecular weight excluding hydrogens is 237 g/mol. The van der Waals surface area contributed by atoms with Crippen LogP contribution in [0.15, 0.2) is 31.0 Å². The molecule has 0 N–H and O–H groups in total. The van der Waals surface area contributed by atoms with Crippen LogP contribution < -0.4 is 4.90 Å². The number of thiocarbonyl (C=S) groups is 1. The maximum atomic E-state index is 13.3. The predicted molar refractivity (Wildman–Crippen MR) is 70.1 cm³/mol. The summed E-state index contributed by atoms with van der Waals surface area (Å²) in [6, 6.07) is 5.98. The summed E-state index contributed by atoms with van der Waals surface area (Å²) in [4.78, 5) is 3.24. The fourth-order valence-electron chi connectivity index (χ4n) is 1.26. The Bertz CT molecular complexity index is 493. The average molecular weight is 249 g/mol. The standard InChI is InChI=1S/C12H12FN3S/c1-4-15(2)12(17)16(3)11-6-9(8-14)5-10(13)7-11/h4-7H,1H2,2-3H3. The molecule has 0 aromatic heterocycles. The van der Waals surface area contributed by atoms with Crippen molar-refractivity contribution in [1.82, 2.24) is 4.90 Å². The number of halogens is 1. The summed E-state index contributed by atoms with van der Waals surface area (Å²) in [7, 11) is 3.45. The molecule has 1 aromatic rings. The molecule has 1 aromatic carbocycles. The van der Waals surface area contributed by atoms with Crippen LogP contribution in [0.4, 0.5) is 10.1 Å². The molecule has 0 saturated heterocycles. The highest BCUT2D eigenvalue weighted by Crippen LogP contribution is 2.18. The quantitative estimate of drug-likeness (QED) is 0.753. The van der Waals surface area contributed by atoms with E-state index < -0.39 is 5.82 Å². The average Bonchev–Trinajstić information content (AvgIpc) is 2.35. The summed E-state index contributed by atoms with van der Waals surface area (Å²) in [5.41, 5.74) is 0.788. The van der Waals surface area contributed by atoms with E-state index >= 15 is 0 Å². The molecule has 88 valence electrons. The molecule has 0 radical (unpaired) electrons. The van der Waals surface area contributed by atoms with E-state index in [9.17, 15) is 4.39 Å². The van der Waals surface area contributed by atoms with Gasteiger partial charge in [0.15, 0.2) is 5.11 Å². The van der Waals surface area contributed by atoms with Crippen molar-refractivity contribution in [2.75, 3.05) is 19.0 Å². The zero-order valence-electron chi connectivity index (χ0n) is 9.64. The van der Waals surface area contributed by atoms with Gasteiger partial charge in [0.25, 0.3) is 0 Å². The Morgan fingerprint density at radius 1 is 1.47 bits per heavy atom. The van der Waals surface area contributed by atoms with Crippen molar-refractivity contribution in [1.29, 1.82) is 5.26 Å². The van der Waals surface area contributed by atoms with Gasteiger partial charge in [0.1, 0.15) is 5.82 Å². The predicted octanol–water partition coefficient (Wildman–Crippen LogP) is 2.49. The molecule has 0 atom stereocenters. The van der Waals surface area contributed by atoms with Crippen molar-refractivity contribution in [3.63, 3.8) is 0 Å². The van der Waals surface area contributed by atoms with E-state index in [1.165, 1.54) is 12.1 Å². The molecule has 0 saturated carbocycles. The number of hydrogen-bond donors (Lipinski definition) is 0. The topological polar surface area (TPSA) is 30.3 Å². The van der Waals surface area contributed by atoms with E-state index in [4.69, 9.17) is 17.5 Å². The fraction of sp³-hybridized carbons (Fsp3) is 0.167. The summed E-state index contributed by atoms with van der Waals surface area (Å²) in [6.07, 6.45) is 1.56. The van der Waals surface area contributed by atoms with Crippen LogP contribution >= 0.6 is 12.2 Å². The van der Waals surface area contributed by atoms with Crippen LogP contribution in [0, 0.1) is 17.1 Å². The van der Waals surface area contributed by atoms with Crippen LogP contribution in [0.2, 0.25) is 0 Å². The third-order valence-corrected chi connectivity index (χ3v) is 2.82. The lowest BCUT2D eigenvalue weighted by Gasteiger charge is -2.25. The molecule has 3 nitrogen and oxygen atoms in total. The highest BCUT2D eigenvalue weighted by Gasteiger charge is 2.11. The summed E-state index contributed by atoms with van der Waals surface area (Å²) in [5, 5.41) is 9.23. The molecule has 17 heavy (non-hydrogen) atoms. The first-order valence-corrected chi connectivity index (χ1v) is 5.24. The van der Waals surface area contributed by atoms with Crippen molar-refractivity contribution < 1.29 is 4.39 Å². The first kappa shape index (κ1) is 13.1. The number of benzene rings is 1. The van der Waals surface area contributed by atoms with E-state index in [0.717, 1.165) is 0 Å². The highest BCUT2D eigenvalue weighted by atomic mass is 32.1. The van der Waals surface area contributed by atoms with E-state index in [1.807, 2.05) is 6.07 Å². The lowest BCUT2D eigenvalue weighted by Crippen LogP contribution is -2.35. The largest absolute Gasteiger partial charge is 0.329 e. The summed E-state index contributed by atoms with van der Waals surface area (Å²) < 4.78 is 13.3. The van der Waals surface area contributed by atoms with Crippen molar-refractivity contribution >= 4 is 23.0 Å². The molecule has 0 bridgehead atoms. The number of nitriles is 1. The second-order valence-corrected chi connectivity index (χ2v) is 3.81. The zero-order chi connectivity index (χ0) is 13.0. The Hall–Kier alpha value is -1.93. The minimum atomic E-state index is -0.463. The normalized spacial score (nSPS) is 9.29. The van der Waals surface area contributed by atoms with E-state index in [2.05, 4.69) is 6.58 Å². The molecular formula is C12H12FN3S. The summed E-state index contributed by atoms with van der Waals surface area (Å²) in [5.74, 6) is -0.463. The number of nitrogens with zero attached hydrogens (tertiary/aromatic N) is 3. The van der Waals surface area contributed by atoms with Crippen molar-refractivity contribution in [2.45, 2.75) is 0 Å². The molecule has 0 aliphatic heterocycles. The Kier molecular flexibility index (Phi) is 4.18. The first-order chi connectivity index (χ1) is 7.99. The lowest BCUT2D eigenvalue weighted by molar-refractivity contribution is 0.627. The Balaban J connectivity index is 3.08. The molecule has 0 spiro atoms. The van der Waals surface area contributed by atoms with Gasteiger partial charge in [0.05, 0.1) is 11.6 Å². The van der Waals surface area contributed by atoms with Crippen molar-refractivity contribution in [3.05, 3.63) is 42.4 Å².